The fraction of sp³-hybridized carbons (Fsp3) is 0.583. The van der Waals surface area contributed by atoms with E-state index >= 15 is 0 Å². The molecule has 0 unspecified atom stereocenters. The van der Waals surface area contributed by atoms with Crippen LogP contribution in [0.15, 0.2) is 12.1 Å². The van der Waals surface area contributed by atoms with E-state index in [2.05, 4.69) is 21.6 Å². The smallest absolute Gasteiger partial charge is 0.148 e. The molecule has 17 heavy (non-hydrogen) atoms. The second-order valence-corrected chi connectivity index (χ2v) is 4.06. The first-order chi connectivity index (χ1) is 8.40. The Morgan fingerprint density at radius 1 is 1.35 bits per heavy atom. The Labute approximate surface area is 101 Å². The average Bonchev–Trinajstić information content (AvgIpc) is 2.41. The predicted octanol–water partition coefficient (Wildman–Crippen LogP) is 1.70. The van der Waals surface area contributed by atoms with E-state index in [4.69, 9.17) is 10.00 Å². The van der Waals surface area contributed by atoms with Gasteiger partial charge in [-0.05, 0) is 25.0 Å². The van der Waals surface area contributed by atoms with Gasteiger partial charge in [0.2, 0.25) is 0 Å². The molecule has 2 rings (SSSR count). The van der Waals surface area contributed by atoms with Crippen molar-refractivity contribution in [1.29, 1.82) is 5.26 Å². The Kier molecular flexibility index (Phi) is 4.28. The van der Waals surface area contributed by atoms with E-state index in [0.717, 1.165) is 37.6 Å². The fourth-order valence-electron chi connectivity index (χ4n) is 1.89. The largest absolute Gasteiger partial charge is 0.381 e. The SMILES string of the molecule is N#CCCNc1ccc(C2CCOCC2)nn1. The zero-order valence-electron chi connectivity index (χ0n) is 9.72. The number of hydrogen-bond acceptors (Lipinski definition) is 5. The van der Waals surface area contributed by atoms with Crippen molar-refractivity contribution in [2.45, 2.75) is 25.2 Å². The highest BCUT2D eigenvalue weighted by Crippen LogP contribution is 2.24. The van der Waals surface area contributed by atoms with Crippen molar-refractivity contribution in [1.82, 2.24) is 10.2 Å². The van der Waals surface area contributed by atoms with Gasteiger partial charge in [-0.2, -0.15) is 10.4 Å². The minimum atomic E-state index is 0.476. The highest BCUT2D eigenvalue weighted by atomic mass is 16.5. The Morgan fingerprint density at radius 3 is 2.82 bits per heavy atom. The maximum atomic E-state index is 8.42. The fourth-order valence-corrected chi connectivity index (χ4v) is 1.89. The highest BCUT2D eigenvalue weighted by molar-refractivity contribution is 5.33. The van der Waals surface area contributed by atoms with Crippen molar-refractivity contribution in [3.8, 4) is 6.07 Å². The van der Waals surface area contributed by atoms with Crippen LogP contribution in [-0.4, -0.2) is 30.0 Å². The van der Waals surface area contributed by atoms with Gasteiger partial charge >= 0.3 is 0 Å². The lowest BCUT2D eigenvalue weighted by atomic mass is 9.96. The molecule has 1 fully saturated rings. The summed E-state index contributed by atoms with van der Waals surface area (Å²) >= 11 is 0. The van der Waals surface area contributed by atoms with Gasteiger partial charge in [0.15, 0.2) is 0 Å². The van der Waals surface area contributed by atoms with Crippen LogP contribution in [0.1, 0.15) is 30.9 Å². The first kappa shape index (κ1) is 11.8. The number of nitrogens with one attached hydrogen (secondary N) is 1. The van der Waals surface area contributed by atoms with Gasteiger partial charge in [0.05, 0.1) is 18.2 Å². The summed E-state index contributed by atoms with van der Waals surface area (Å²) in [6.45, 7) is 2.24. The molecular weight excluding hydrogens is 216 g/mol. The molecule has 1 aromatic rings. The summed E-state index contributed by atoms with van der Waals surface area (Å²) in [7, 11) is 0. The molecule has 1 aliphatic heterocycles. The summed E-state index contributed by atoms with van der Waals surface area (Å²) in [5.41, 5.74) is 1.04. The molecule has 1 aliphatic rings. The van der Waals surface area contributed by atoms with E-state index < -0.39 is 0 Å². The van der Waals surface area contributed by atoms with E-state index in [-0.39, 0.29) is 0 Å². The summed E-state index contributed by atoms with van der Waals surface area (Å²) in [6.07, 6.45) is 2.52. The minimum absolute atomic E-state index is 0.476. The van der Waals surface area contributed by atoms with Crippen molar-refractivity contribution in [2.75, 3.05) is 25.1 Å². The second-order valence-electron chi connectivity index (χ2n) is 4.06. The zero-order valence-corrected chi connectivity index (χ0v) is 9.72. The number of anilines is 1. The van der Waals surface area contributed by atoms with Gasteiger partial charge < -0.3 is 10.1 Å². The molecule has 0 amide bonds. The van der Waals surface area contributed by atoms with Gasteiger partial charge in [-0.25, -0.2) is 0 Å². The maximum absolute atomic E-state index is 8.42. The molecule has 90 valence electrons. The molecule has 0 saturated carbocycles. The molecule has 5 nitrogen and oxygen atoms in total. The van der Waals surface area contributed by atoms with Gasteiger partial charge in [0.1, 0.15) is 5.82 Å². The number of nitriles is 1. The van der Waals surface area contributed by atoms with Gasteiger partial charge in [-0.15, -0.1) is 5.10 Å². The van der Waals surface area contributed by atoms with E-state index in [1.165, 1.54) is 0 Å². The summed E-state index contributed by atoms with van der Waals surface area (Å²) in [4.78, 5) is 0. The van der Waals surface area contributed by atoms with E-state index in [0.29, 0.717) is 18.9 Å². The standard InChI is InChI=1S/C12H16N4O/c13-6-1-7-14-12-3-2-11(15-16-12)10-4-8-17-9-5-10/h2-3,10H,1,4-5,7-9H2,(H,14,16). The van der Waals surface area contributed by atoms with Crippen LogP contribution >= 0.6 is 0 Å². The molecule has 0 bridgehead atoms. The third-order valence-electron chi connectivity index (χ3n) is 2.87. The van der Waals surface area contributed by atoms with Crippen LogP contribution in [0.5, 0.6) is 0 Å². The van der Waals surface area contributed by atoms with Crippen molar-refractivity contribution >= 4 is 5.82 Å². The molecule has 0 aromatic carbocycles. The van der Waals surface area contributed by atoms with Crippen molar-refractivity contribution < 1.29 is 4.74 Å². The van der Waals surface area contributed by atoms with Gasteiger partial charge in [-0.1, -0.05) is 0 Å². The molecule has 1 aromatic heterocycles. The molecule has 0 atom stereocenters. The monoisotopic (exact) mass is 232 g/mol. The summed E-state index contributed by atoms with van der Waals surface area (Å²) in [5.74, 6) is 1.21. The number of rotatable bonds is 4. The van der Waals surface area contributed by atoms with Crippen LogP contribution < -0.4 is 5.32 Å². The summed E-state index contributed by atoms with van der Waals surface area (Å²) in [6, 6.07) is 6.01. The van der Waals surface area contributed by atoms with Crippen LogP contribution in [0.4, 0.5) is 5.82 Å². The molecule has 2 heterocycles. The summed E-state index contributed by atoms with van der Waals surface area (Å²) < 4.78 is 5.32. The Bertz CT molecular complexity index is 378. The van der Waals surface area contributed by atoms with E-state index in [1.54, 1.807) is 0 Å². The van der Waals surface area contributed by atoms with Crippen LogP contribution in [0.25, 0.3) is 0 Å². The van der Waals surface area contributed by atoms with E-state index in [1.807, 2.05) is 12.1 Å². The topological polar surface area (TPSA) is 70.8 Å². The van der Waals surface area contributed by atoms with Crippen LogP contribution in [0.3, 0.4) is 0 Å². The molecule has 0 spiro atoms. The van der Waals surface area contributed by atoms with Gasteiger partial charge in [-0.3, -0.25) is 0 Å². The van der Waals surface area contributed by atoms with Crippen molar-refractivity contribution in [2.24, 2.45) is 0 Å². The van der Waals surface area contributed by atoms with Crippen LogP contribution in [0, 0.1) is 11.3 Å². The van der Waals surface area contributed by atoms with Gasteiger partial charge in [0, 0.05) is 25.7 Å². The third kappa shape index (κ3) is 3.40. The maximum Gasteiger partial charge on any atom is 0.148 e. The van der Waals surface area contributed by atoms with E-state index in [9.17, 15) is 0 Å². The zero-order chi connectivity index (χ0) is 11.9. The number of ether oxygens (including phenoxy) is 1. The van der Waals surface area contributed by atoms with Crippen molar-refractivity contribution in [3.63, 3.8) is 0 Å². The average molecular weight is 232 g/mol. The van der Waals surface area contributed by atoms with Crippen LogP contribution in [0.2, 0.25) is 0 Å². The minimum Gasteiger partial charge on any atom is -0.381 e. The number of hydrogen-bond donors (Lipinski definition) is 1. The lowest BCUT2D eigenvalue weighted by Gasteiger charge is -2.20. The number of aromatic nitrogens is 2. The lowest BCUT2D eigenvalue weighted by molar-refractivity contribution is 0.0843. The Hall–Kier alpha value is -1.67. The molecule has 5 heteroatoms. The van der Waals surface area contributed by atoms with Crippen LogP contribution in [-0.2, 0) is 4.74 Å². The first-order valence-corrected chi connectivity index (χ1v) is 5.92. The van der Waals surface area contributed by atoms with Gasteiger partial charge in [0.25, 0.3) is 0 Å². The second kappa shape index (κ2) is 6.16. The normalized spacial score (nSPS) is 16.4. The molecule has 0 aliphatic carbocycles. The lowest BCUT2D eigenvalue weighted by Crippen LogP contribution is -2.15. The number of nitrogens with zero attached hydrogens (tertiary/aromatic N) is 3. The Morgan fingerprint density at radius 2 is 2.18 bits per heavy atom. The summed E-state index contributed by atoms with van der Waals surface area (Å²) in [5, 5.41) is 19.8. The molecular formula is C12H16N4O. The highest BCUT2D eigenvalue weighted by Gasteiger charge is 2.17. The predicted molar refractivity (Wildman–Crippen MR) is 63.5 cm³/mol. The molecule has 1 N–H and O–H groups in total. The first-order valence-electron chi connectivity index (χ1n) is 5.92. The molecule has 1 saturated heterocycles. The van der Waals surface area contributed by atoms with Crippen molar-refractivity contribution in [3.05, 3.63) is 17.8 Å². The Balaban J connectivity index is 1.90. The third-order valence-corrected chi connectivity index (χ3v) is 2.87. The molecule has 0 radical (unpaired) electrons. The quantitative estimate of drug-likeness (QED) is 0.800.